The van der Waals surface area contributed by atoms with Gasteiger partial charge in [-0.05, 0) is 30.5 Å². The fourth-order valence-corrected chi connectivity index (χ4v) is 3.64. The van der Waals surface area contributed by atoms with E-state index < -0.39 is 0 Å². The Hall–Kier alpha value is -1.99. The number of halogens is 1. The van der Waals surface area contributed by atoms with Gasteiger partial charge in [-0.1, -0.05) is 6.07 Å². The number of nitrogens with zero attached hydrogens (tertiary/aromatic N) is 5. The van der Waals surface area contributed by atoms with Gasteiger partial charge in [0.2, 0.25) is 0 Å². The van der Waals surface area contributed by atoms with Gasteiger partial charge in [-0.3, -0.25) is 4.90 Å². The summed E-state index contributed by atoms with van der Waals surface area (Å²) in [6.07, 6.45) is 2.29. The molecule has 0 aliphatic carbocycles. The number of benzene rings is 1. The van der Waals surface area contributed by atoms with Crippen LogP contribution < -0.4 is 4.90 Å². The zero-order valence-electron chi connectivity index (χ0n) is 13.7. The molecule has 4 rings (SSSR count). The number of anilines is 1. The first-order chi connectivity index (χ1) is 11.7. The van der Waals surface area contributed by atoms with Crippen LogP contribution >= 0.6 is 0 Å². The Morgan fingerprint density at radius 3 is 2.67 bits per heavy atom. The molecule has 1 N–H and O–H groups in total. The summed E-state index contributed by atoms with van der Waals surface area (Å²) in [4.78, 5) is 4.36. The van der Waals surface area contributed by atoms with E-state index in [1.54, 1.807) is 6.07 Å². The maximum absolute atomic E-state index is 14.4. The Balaban J connectivity index is 1.45. The summed E-state index contributed by atoms with van der Waals surface area (Å²) in [7, 11) is 0. The van der Waals surface area contributed by atoms with Gasteiger partial charge < -0.3 is 14.6 Å². The second-order valence-corrected chi connectivity index (χ2v) is 6.53. The summed E-state index contributed by atoms with van der Waals surface area (Å²) >= 11 is 0. The smallest absolute Gasteiger partial charge is 0.158 e. The first-order valence-electron chi connectivity index (χ1n) is 8.52. The first-order valence-corrected chi connectivity index (χ1v) is 8.52. The molecule has 3 heterocycles. The highest BCUT2D eigenvalue weighted by molar-refractivity contribution is 5.49. The van der Waals surface area contributed by atoms with Crippen molar-refractivity contribution in [2.45, 2.75) is 39.1 Å². The third kappa shape index (κ3) is 2.89. The van der Waals surface area contributed by atoms with Gasteiger partial charge in [-0.2, -0.15) is 0 Å². The maximum Gasteiger partial charge on any atom is 0.158 e. The molecular formula is C17H22FN5O. The average Bonchev–Trinajstić information content (AvgIpc) is 3.24. The van der Waals surface area contributed by atoms with Crippen LogP contribution in [-0.4, -0.2) is 44.4 Å². The highest BCUT2D eigenvalue weighted by atomic mass is 19.1. The van der Waals surface area contributed by atoms with Crippen molar-refractivity contribution in [3.63, 3.8) is 0 Å². The fourth-order valence-electron chi connectivity index (χ4n) is 3.64. The van der Waals surface area contributed by atoms with E-state index in [1.165, 1.54) is 0 Å². The van der Waals surface area contributed by atoms with Gasteiger partial charge in [0.25, 0.3) is 0 Å². The molecule has 0 saturated carbocycles. The van der Waals surface area contributed by atoms with Crippen molar-refractivity contribution in [3.8, 4) is 0 Å². The van der Waals surface area contributed by atoms with Crippen molar-refractivity contribution in [3.05, 3.63) is 41.2 Å². The Kier molecular flexibility index (Phi) is 4.20. The molecule has 2 aromatic rings. The minimum absolute atomic E-state index is 0.0871. The van der Waals surface area contributed by atoms with Crippen LogP contribution in [0.15, 0.2) is 18.2 Å². The lowest BCUT2D eigenvalue weighted by Crippen LogP contribution is -2.34. The van der Waals surface area contributed by atoms with Gasteiger partial charge in [-0.15, -0.1) is 10.2 Å². The van der Waals surface area contributed by atoms with E-state index in [-0.39, 0.29) is 12.4 Å². The predicted octanol–water partition coefficient (Wildman–Crippen LogP) is 1.53. The largest absolute Gasteiger partial charge is 0.388 e. The van der Waals surface area contributed by atoms with Crippen LogP contribution in [-0.2, 0) is 26.2 Å². The van der Waals surface area contributed by atoms with Crippen LogP contribution in [0, 0.1) is 5.82 Å². The molecule has 128 valence electrons. The topological polar surface area (TPSA) is 57.4 Å². The zero-order chi connectivity index (χ0) is 16.5. The fraction of sp³-hybridized carbons (Fsp3) is 0.529. The molecule has 0 radical (unpaired) electrons. The normalized spacial score (nSPS) is 18.2. The van der Waals surface area contributed by atoms with Crippen LogP contribution in [0.3, 0.4) is 0 Å². The molecule has 1 aromatic carbocycles. The quantitative estimate of drug-likeness (QED) is 0.921. The Morgan fingerprint density at radius 2 is 1.92 bits per heavy atom. The molecule has 7 heteroatoms. The maximum atomic E-state index is 14.4. The summed E-state index contributed by atoms with van der Waals surface area (Å²) in [5, 5.41) is 17.4. The van der Waals surface area contributed by atoms with Gasteiger partial charge in [-0.25, -0.2) is 4.39 Å². The third-order valence-corrected chi connectivity index (χ3v) is 4.92. The first kappa shape index (κ1) is 15.5. The Bertz CT molecular complexity index is 726. The van der Waals surface area contributed by atoms with E-state index in [0.29, 0.717) is 18.9 Å². The minimum Gasteiger partial charge on any atom is -0.388 e. The molecule has 0 amide bonds. The molecule has 2 aliphatic heterocycles. The molecule has 1 aromatic heterocycles. The molecule has 2 aliphatic rings. The summed E-state index contributed by atoms with van der Waals surface area (Å²) in [6, 6.07) is 5.59. The van der Waals surface area contributed by atoms with Gasteiger partial charge in [0.1, 0.15) is 18.2 Å². The van der Waals surface area contributed by atoms with Crippen LogP contribution in [0.2, 0.25) is 0 Å². The minimum atomic E-state index is -0.128. The summed E-state index contributed by atoms with van der Waals surface area (Å²) < 4.78 is 16.4. The number of rotatable bonds is 4. The van der Waals surface area contributed by atoms with Crippen LogP contribution in [0.1, 0.15) is 30.1 Å². The summed E-state index contributed by atoms with van der Waals surface area (Å²) in [6.45, 7) is 4.77. The SMILES string of the molecule is OCc1nnc2n1CCN(Cc1ccc(N3CCCC3)c(F)c1)C2. The average molecular weight is 331 g/mol. The van der Waals surface area contributed by atoms with E-state index in [1.807, 2.05) is 16.7 Å². The highest BCUT2D eigenvalue weighted by Gasteiger charge is 2.21. The molecule has 0 bridgehead atoms. The lowest BCUT2D eigenvalue weighted by atomic mass is 10.1. The predicted molar refractivity (Wildman–Crippen MR) is 87.9 cm³/mol. The van der Waals surface area contributed by atoms with E-state index in [4.69, 9.17) is 0 Å². The Morgan fingerprint density at radius 1 is 1.08 bits per heavy atom. The third-order valence-electron chi connectivity index (χ3n) is 4.92. The van der Waals surface area contributed by atoms with Crippen LogP contribution in [0.5, 0.6) is 0 Å². The van der Waals surface area contributed by atoms with Crippen molar-refractivity contribution in [1.82, 2.24) is 19.7 Å². The molecular weight excluding hydrogens is 309 g/mol. The van der Waals surface area contributed by atoms with Crippen LogP contribution in [0.25, 0.3) is 0 Å². The number of aliphatic hydroxyl groups is 1. The molecule has 1 fully saturated rings. The number of hydrogen-bond donors (Lipinski definition) is 1. The van der Waals surface area contributed by atoms with E-state index in [9.17, 15) is 9.50 Å². The van der Waals surface area contributed by atoms with E-state index in [0.717, 1.165) is 56.1 Å². The molecule has 0 atom stereocenters. The monoisotopic (exact) mass is 331 g/mol. The van der Waals surface area contributed by atoms with Crippen molar-refractivity contribution in [1.29, 1.82) is 0 Å². The highest BCUT2D eigenvalue weighted by Crippen LogP contribution is 2.25. The number of aromatic nitrogens is 3. The Labute approximate surface area is 140 Å². The van der Waals surface area contributed by atoms with Gasteiger partial charge in [0.05, 0.1) is 12.2 Å². The summed E-state index contributed by atoms with van der Waals surface area (Å²) in [5.41, 5.74) is 1.70. The molecule has 1 saturated heterocycles. The van der Waals surface area contributed by atoms with Crippen molar-refractivity contribution < 1.29 is 9.50 Å². The van der Waals surface area contributed by atoms with Crippen LogP contribution in [0.4, 0.5) is 10.1 Å². The molecule has 0 unspecified atom stereocenters. The standard InChI is InChI=1S/C17H22FN5O/c18-14-9-13(3-4-15(14)22-5-1-2-6-22)10-21-7-8-23-16(11-21)19-20-17(23)12-24/h3-4,9,24H,1-2,5-8,10-12H2. The lowest BCUT2D eigenvalue weighted by Gasteiger charge is -2.28. The van der Waals surface area contributed by atoms with Gasteiger partial charge in [0.15, 0.2) is 5.82 Å². The van der Waals surface area contributed by atoms with E-state index in [2.05, 4.69) is 20.0 Å². The van der Waals surface area contributed by atoms with Gasteiger partial charge in [0, 0.05) is 32.7 Å². The second-order valence-electron chi connectivity index (χ2n) is 6.53. The van der Waals surface area contributed by atoms with Crippen molar-refractivity contribution >= 4 is 5.69 Å². The molecule has 6 nitrogen and oxygen atoms in total. The van der Waals surface area contributed by atoms with E-state index >= 15 is 0 Å². The molecule has 0 spiro atoms. The van der Waals surface area contributed by atoms with Crippen molar-refractivity contribution in [2.75, 3.05) is 24.5 Å². The van der Waals surface area contributed by atoms with Crippen molar-refractivity contribution in [2.24, 2.45) is 0 Å². The molecule has 24 heavy (non-hydrogen) atoms. The number of hydrogen-bond acceptors (Lipinski definition) is 5. The number of fused-ring (bicyclic) bond motifs is 1. The zero-order valence-corrected chi connectivity index (χ0v) is 13.7. The second kappa shape index (κ2) is 6.49. The number of aliphatic hydroxyl groups excluding tert-OH is 1. The lowest BCUT2D eigenvalue weighted by molar-refractivity contribution is 0.199. The summed E-state index contributed by atoms with van der Waals surface area (Å²) in [5.74, 6) is 1.35. The van der Waals surface area contributed by atoms with Gasteiger partial charge >= 0.3 is 0 Å².